The van der Waals surface area contributed by atoms with E-state index in [1.165, 1.54) is 0 Å². The number of hydrogen-bond acceptors (Lipinski definition) is 6. The molecule has 6 heteroatoms. The molecule has 0 aromatic heterocycles. The zero-order valence-electron chi connectivity index (χ0n) is 15.2. The predicted molar refractivity (Wildman–Crippen MR) is 116 cm³/mol. The Labute approximate surface area is 172 Å². The fourth-order valence-corrected chi connectivity index (χ4v) is 3.37. The van der Waals surface area contributed by atoms with Crippen LogP contribution in [0.1, 0.15) is 15.9 Å². The highest BCUT2D eigenvalue weighted by molar-refractivity contribution is 8.27. The van der Waals surface area contributed by atoms with Crippen LogP contribution in [0.2, 0.25) is 0 Å². The van der Waals surface area contributed by atoms with Crippen LogP contribution in [-0.2, 0) is 4.79 Å². The number of ether oxygens (including phenoxy) is 1. The molecule has 0 amide bonds. The van der Waals surface area contributed by atoms with Crippen molar-refractivity contribution in [3.05, 3.63) is 102 Å². The SMILES string of the molecule is O=C1SC(Nc2ccccc2)=N/C1=C\c1cccc(OC(=O)c2ccccc2)c1. The van der Waals surface area contributed by atoms with E-state index < -0.39 is 5.97 Å². The van der Waals surface area contributed by atoms with E-state index in [1.807, 2.05) is 42.5 Å². The molecule has 0 atom stereocenters. The van der Waals surface area contributed by atoms with E-state index in [0.29, 0.717) is 22.2 Å². The quantitative estimate of drug-likeness (QED) is 0.380. The number of benzene rings is 3. The van der Waals surface area contributed by atoms with Gasteiger partial charge in [-0.2, -0.15) is 0 Å². The number of nitrogens with zero attached hydrogens (tertiary/aromatic N) is 1. The Hall–Kier alpha value is -3.64. The number of anilines is 1. The third-order valence-corrected chi connectivity index (χ3v) is 4.81. The molecule has 5 nitrogen and oxygen atoms in total. The largest absolute Gasteiger partial charge is 0.423 e. The van der Waals surface area contributed by atoms with Crippen molar-refractivity contribution in [2.24, 2.45) is 4.99 Å². The minimum Gasteiger partial charge on any atom is -0.423 e. The zero-order chi connectivity index (χ0) is 20.1. The molecule has 1 heterocycles. The lowest BCUT2D eigenvalue weighted by Gasteiger charge is -2.05. The van der Waals surface area contributed by atoms with Crippen molar-refractivity contribution in [1.82, 2.24) is 0 Å². The van der Waals surface area contributed by atoms with Crippen LogP contribution >= 0.6 is 11.8 Å². The van der Waals surface area contributed by atoms with Crippen LogP contribution in [0.5, 0.6) is 5.75 Å². The minimum absolute atomic E-state index is 0.143. The Kier molecular flexibility index (Phi) is 5.54. The number of esters is 1. The molecule has 3 aromatic carbocycles. The maximum Gasteiger partial charge on any atom is 0.343 e. The highest BCUT2D eigenvalue weighted by atomic mass is 32.2. The fraction of sp³-hybridized carbons (Fsp3) is 0. The molecule has 0 bridgehead atoms. The second kappa shape index (κ2) is 8.58. The van der Waals surface area contributed by atoms with Gasteiger partial charge in [-0.3, -0.25) is 4.79 Å². The molecular formula is C23H16N2O3S. The lowest BCUT2D eigenvalue weighted by molar-refractivity contribution is -0.107. The summed E-state index contributed by atoms with van der Waals surface area (Å²) in [5, 5.41) is 3.51. The molecule has 4 rings (SSSR count). The molecule has 1 N–H and O–H groups in total. The summed E-state index contributed by atoms with van der Waals surface area (Å²) in [6.45, 7) is 0. The Morgan fingerprint density at radius 2 is 1.66 bits per heavy atom. The van der Waals surface area contributed by atoms with Gasteiger partial charge in [-0.15, -0.1) is 0 Å². The van der Waals surface area contributed by atoms with Crippen LogP contribution in [0.25, 0.3) is 6.08 Å². The van der Waals surface area contributed by atoms with Crippen LogP contribution in [0.3, 0.4) is 0 Å². The van der Waals surface area contributed by atoms with E-state index >= 15 is 0 Å². The van der Waals surface area contributed by atoms with E-state index in [2.05, 4.69) is 10.3 Å². The summed E-state index contributed by atoms with van der Waals surface area (Å²) in [7, 11) is 0. The van der Waals surface area contributed by atoms with Gasteiger partial charge >= 0.3 is 5.97 Å². The van der Waals surface area contributed by atoms with E-state index in [9.17, 15) is 9.59 Å². The maximum absolute atomic E-state index is 12.3. The van der Waals surface area contributed by atoms with Gasteiger partial charge in [0.15, 0.2) is 5.17 Å². The highest BCUT2D eigenvalue weighted by Gasteiger charge is 2.22. The first-order chi connectivity index (χ1) is 14.2. The van der Waals surface area contributed by atoms with E-state index in [0.717, 1.165) is 23.0 Å². The van der Waals surface area contributed by atoms with E-state index in [-0.39, 0.29) is 5.12 Å². The average molecular weight is 400 g/mol. The normalized spacial score (nSPS) is 14.6. The summed E-state index contributed by atoms with van der Waals surface area (Å²) >= 11 is 1.05. The lowest BCUT2D eigenvalue weighted by atomic mass is 10.2. The second-order valence-corrected chi connectivity index (χ2v) is 7.12. The number of thioether (sulfide) groups is 1. The Morgan fingerprint density at radius 1 is 0.931 bits per heavy atom. The molecule has 0 aliphatic carbocycles. The first-order valence-corrected chi connectivity index (χ1v) is 9.71. The van der Waals surface area contributed by atoms with Gasteiger partial charge in [-0.1, -0.05) is 48.5 Å². The smallest absolute Gasteiger partial charge is 0.343 e. The fourth-order valence-electron chi connectivity index (χ4n) is 2.67. The standard InChI is InChI=1S/C23H16N2O3S/c26-21(17-9-3-1-4-10-17)28-19-13-7-8-16(14-19)15-20-22(27)29-23(25-20)24-18-11-5-2-6-12-18/h1-15H,(H,24,25)/b20-15-. The summed E-state index contributed by atoms with van der Waals surface area (Å²) in [5.41, 5.74) is 2.39. The van der Waals surface area contributed by atoms with Gasteiger partial charge in [0.25, 0.3) is 0 Å². The van der Waals surface area contributed by atoms with Gasteiger partial charge in [0.1, 0.15) is 11.4 Å². The number of carbonyl (C=O) groups is 2. The van der Waals surface area contributed by atoms with Crippen LogP contribution in [-0.4, -0.2) is 16.3 Å². The van der Waals surface area contributed by atoms with Gasteiger partial charge in [0.05, 0.1) is 5.56 Å². The predicted octanol–water partition coefficient (Wildman–Crippen LogP) is 4.99. The summed E-state index contributed by atoms with van der Waals surface area (Å²) in [4.78, 5) is 28.9. The van der Waals surface area contributed by atoms with Crippen LogP contribution in [0.4, 0.5) is 5.69 Å². The van der Waals surface area contributed by atoms with Gasteiger partial charge < -0.3 is 10.1 Å². The number of aliphatic imine (C=N–C) groups is 1. The number of para-hydroxylation sites is 1. The number of amidine groups is 1. The van der Waals surface area contributed by atoms with Crippen molar-refractivity contribution >= 4 is 39.8 Å². The van der Waals surface area contributed by atoms with Crippen LogP contribution in [0, 0.1) is 0 Å². The third-order valence-electron chi connectivity index (χ3n) is 4.03. The lowest BCUT2D eigenvalue weighted by Crippen LogP contribution is -2.08. The van der Waals surface area contributed by atoms with Gasteiger partial charge in [0.2, 0.25) is 5.12 Å². The van der Waals surface area contributed by atoms with Crippen molar-refractivity contribution in [3.63, 3.8) is 0 Å². The molecular weight excluding hydrogens is 384 g/mol. The van der Waals surface area contributed by atoms with Crippen molar-refractivity contribution in [2.45, 2.75) is 0 Å². The van der Waals surface area contributed by atoms with Crippen molar-refractivity contribution in [2.75, 3.05) is 5.32 Å². The molecule has 3 aromatic rings. The molecule has 0 saturated carbocycles. The number of rotatable bonds is 4. The third kappa shape index (κ3) is 4.80. The average Bonchev–Trinajstić information content (AvgIpc) is 3.08. The number of hydrogen-bond donors (Lipinski definition) is 1. The zero-order valence-corrected chi connectivity index (χ0v) is 16.1. The molecule has 142 valence electrons. The second-order valence-electron chi connectivity index (χ2n) is 6.16. The topological polar surface area (TPSA) is 67.8 Å². The Balaban J connectivity index is 1.50. The first-order valence-electron chi connectivity index (χ1n) is 8.89. The van der Waals surface area contributed by atoms with Crippen LogP contribution in [0.15, 0.2) is 95.6 Å². The Morgan fingerprint density at radius 3 is 2.41 bits per heavy atom. The molecule has 0 unspecified atom stereocenters. The summed E-state index contributed by atoms with van der Waals surface area (Å²) in [5.74, 6) is -0.0341. The van der Waals surface area contributed by atoms with E-state index in [4.69, 9.17) is 4.74 Å². The Bertz CT molecular complexity index is 1110. The van der Waals surface area contributed by atoms with Crippen molar-refractivity contribution in [1.29, 1.82) is 0 Å². The molecule has 29 heavy (non-hydrogen) atoms. The minimum atomic E-state index is -0.435. The van der Waals surface area contributed by atoms with Crippen molar-refractivity contribution in [3.8, 4) is 5.75 Å². The summed E-state index contributed by atoms with van der Waals surface area (Å²) in [6.07, 6.45) is 1.68. The molecule has 1 aliphatic heterocycles. The van der Waals surface area contributed by atoms with Gasteiger partial charge in [-0.25, -0.2) is 9.79 Å². The molecule has 0 spiro atoms. The van der Waals surface area contributed by atoms with Gasteiger partial charge in [0, 0.05) is 5.69 Å². The summed E-state index contributed by atoms with van der Waals surface area (Å²) < 4.78 is 5.43. The van der Waals surface area contributed by atoms with Gasteiger partial charge in [-0.05, 0) is 59.8 Å². The van der Waals surface area contributed by atoms with E-state index in [1.54, 1.807) is 48.5 Å². The van der Waals surface area contributed by atoms with Crippen LogP contribution < -0.4 is 10.1 Å². The number of nitrogens with one attached hydrogen (secondary N) is 1. The molecule has 0 radical (unpaired) electrons. The molecule has 0 saturated heterocycles. The molecule has 0 fully saturated rings. The molecule has 1 aliphatic rings. The highest BCUT2D eigenvalue weighted by Crippen LogP contribution is 2.27. The number of carbonyl (C=O) groups excluding carboxylic acids is 2. The summed E-state index contributed by atoms with van der Waals surface area (Å²) in [6, 6.07) is 25.3. The first kappa shape index (κ1) is 18.7. The van der Waals surface area contributed by atoms with Crippen molar-refractivity contribution < 1.29 is 14.3 Å². The maximum atomic E-state index is 12.3. The monoisotopic (exact) mass is 400 g/mol.